The number of ether oxygens (including phenoxy) is 1. The number of carbonyl (C=O) groups excluding carboxylic acids is 3. The number of hydrogen-bond acceptors (Lipinski definition) is 7. The Morgan fingerprint density at radius 3 is 2.52 bits per heavy atom. The Hall–Kier alpha value is -1.38. The fourth-order valence-electron chi connectivity index (χ4n) is 7.90. The van der Waals surface area contributed by atoms with Crippen molar-refractivity contribution in [3.63, 3.8) is 0 Å². The SMILES string of the molecule is C=C[C@]1(C)C[C@@H](OC(=O)CCSC(C)(C)CNC(=O)[C@@H](N)C(C)C)[C@]2(C)[C@H](C)CC[C@]3(CCC(=O)[C@H]32)[C@@H](C)[C@@H]1O. The van der Waals surface area contributed by atoms with Gasteiger partial charge in [-0.25, -0.2) is 0 Å². The number of hydrogen-bond donors (Lipinski definition) is 3. The van der Waals surface area contributed by atoms with E-state index in [0.29, 0.717) is 25.1 Å². The molecule has 3 saturated carbocycles. The van der Waals surface area contributed by atoms with Gasteiger partial charge in [-0.05, 0) is 62.7 Å². The molecule has 8 heteroatoms. The summed E-state index contributed by atoms with van der Waals surface area (Å²) in [5.41, 5.74) is 4.53. The highest BCUT2D eigenvalue weighted by atomic mass is 32.2. The average molecular weight is 579 g/mol. The number of rotatable bonds is 10. The largest absolute Gasteiger partial charge is 0.462 e. The fourth-order valence-corrected chi connectivity index (χ4v) is 8.90. The molecule has 2 bridgehead atoms. The lowest BCUT2D eigenvalue weighted by atomic mass is 9.44. The van der Waals surface area contributed by atoms with Crippen LogP contribution in [-0.2, 0) is 19.1 Å². The zero-order valence-corrected chi connectivity index (χ0v) is 26.9. The van der Waals surface area contributed by atoms with Crippen molar-refractivity contribution in [2.45, 2.75) is 117 Å². The van der Waals surface area contributed by atoms with Crippen molar-refractivity contribution in [1.82, 2.24) is 5.32 Å². The Morgan fingerprint density at radius 1 is 1.27 bits per heavy atom. The lowest BCUT2D eigenvalue weighted by molar-refractivity contribution is -0.206. The van der Waals surface area contributed by atoms with Gasteiger partial charge < -0.3 is 20.9 Å². The Balaban J connectivity index is 1.75. The van der Waals surface area contributed by atoms with Crippen LogP contribution in [0.4, 0.5) is 0 Å². The van der Waals surface area contributed by atoms with Gasteiger partial charge >= 0.3 is 5.97 Å². The number of aliphatic hydroxyl groups excluding tert-OH is 1. The summed E-state index contributed by atoms with van der Waals surface area (Å²) in [5, 5.41) is 14.6. The first-order chi connectivity index (χ1) is 18.4. The van der Waals surface area contributed by atoms with Gasteiger partial charge in [-0.2, -0.15) is 11.8 Å². The molecule has 0 aromatic heterocycles. The van der Waals surface area contributed by atoms with E-state index in [-0.39, 0.29) is 57.9 Å². The van der Waals surface area contributed by atoms with Crippen LogP contribution in [-0.4, -0.2) is 58.1 Å². The van der Waals surface area contributed by atoms with Crippen molar-refractivity contribution >= 4 is 29.4 Å². The van der Waals surface area contributed by atoms with Crippen LogP contribution in [0.2, 0.25) is 0 Å². The van der Waals surface area contributed by atoms with Crippen molar-refractivity contribution in [1.29, 1.82) is 0 Å². The third kappa shape index (κ3) is 6.05. The standard InChI is InChI=1S/C32H54N2O5S/c1-10-30(8)17-23(39-24(36)13-16-40-29(6,7)18-34-28(38)25(33)19(2)3)31(9)20(4)11-14-32(21(5)27(30)37)15-12-22(35)26(31)32/h10,19-21,23,25-27,37H,1,11-18,33H2,2-9H3,(H,34,38)/t20-,21+,23-,25+,26+,27+,30-,31+,32+/m1/s1. The van der Waals surface area contributed by atoms with E-state index in [9.17, 15) is 19.5 Å². The number of aliphatic hydroxyl groups is 1. The van der Waals surface area contributed by atoms with Gasteiger partial charge in [0.2, 0.25) is 5.91 Å². The number of ketones is 1. The molecule has 0 heterocycles. The Morgan fingerprint density at radius 2 is 1.93 bits per heavy atom. The monoisotopic (exact) mass is 578 g/mol. The molecule has 228 valence electrons. The Labute approximate surface area is 246 Å². The zero-order valence-electron chi connectivity index (χ0n) is 26.0. The van der Waals surface area contributed by atoms with E-state index >= 15 is 0 Å². The van der Waals surface area contributed by atoms with Crippen molar-refractivity contribution in [3.8, 4) is 0 Å². The van der Waals surface area contributed by atoms with Gasteiger partial charge in [-0.15, -0.1) is 6.58 Å². The Bertz CT molecular complexity index is 984. The molecule has 3 rings (SSSR count). The molecule has 7 nitrogen and oxygen atoms in total. The predicted molar refractivity (Wildman–Crippen MR) is 162 cm³/mol. The van der Waals surface area contributed by atoms with Gasteiger partial charge in [0.15, 0.2) is 0 Å². The maximum atomic E-state index is 13.5. The van der Waals surface area contributed by atoms with E-state index in [1.807, 2.05) is 40.7 Å². The summed E-state index contributed by atoms with van der Waals surface area (Å²) in [6.07, 6.45) is 4.49. The fraction of sp³-hybridized carbons (Fsp3) is 0.844. The molecule has 0 saturated heterocycles. The van der Waals surface area contributed by atoms with Crippen LogP contribution in [0.15, 0.2) is 12.7 Å². The smallest absolute Gasteiger partial charge is 0.306 e. The minimum absolute atomic E-state index is 0.0513. The topological polar surface area (TPSA) is 119 Å². The molecular weight excluding hydrogens is 524 g/mol. The number of nitrogens with one attached hydrogen (secondary N) is 1. The maximum Gasteiger partial charge on any atom is 0.306 e. The van der Waals surface area contributed by atoms with E-state index in [4.69, 9.17) is 10.5 Å². The van der Waals surface area contributed by atoms with E-state index in [2.05, 4.69) is 32.7 Å². The molecule has 0 radical (unpaired) electrons. The van der Waals surface area contributed by atoms with E-state index in [1.165, 1.54) is 0 Å². The van der Waals surface area contributed by atoms with Gasteiger partial charge in [0, 0.05) is 40.2 Å². The number of carbonyl (C=O) groups is 3. The van der Waals surface area contributed by atoms with E-state index in [0.717, 1.165) is 19.3 Å². The lowest BCUT2D eigenvalue weighted by Gasteiger charge is -2.61. The molecular formula is C32H54N2O5S. The second-order valence-corrected chi connectivity index (χ2v) is 16.2. The van der Waals surface area contributed by atoms with Gasteiger partial charge in [0.1, 0.15) is 11.9 Å². The first-order valence-corrected chi connectivity index (χ1v) is 16.1. The normalized spacial score (nSPS) is 38.7. The summed E-state index contributed by atoms with van der Waals surface area (Å²) in [5.74, 6) is 0.333. The highest BCUT2D eigenvalue weighted by Gasteiger charge is 2.68. The van der Waals surface area contributed by atoms with Crippen LogP contribution in [0.3, 0.4) is 0 Å². The van der Waals surface area contributed by atoms with Crippen LogP contribution in [0.5, 0.6) is 0 Å². The number of Topliss-reactive ketones (excluding diaryl/α,β-unsaturated/α-hetero) is 1. The van der Waals surface area contributed by atoms with Gasteiger partial charge in [-0.3, -0.25) is 14.4 Å². The first-order valence-electron chi connectivity index (χ1n) is 15.2. The van der Waals surface area contributed by atoms with Crippen LogP contribution in [0, 0.1) is 39.9 Å². The highest BCUT2D eigenvalue weighted by Crippen LogP contribution is 2.68. The van der Waals surface area contributed by atoms with Crippen molar-refractivity contribution in [2.24, 2.45) is 45.7 Å². The average Bonchev–Trinajstić information content (AvgIpc) is 3.25. The Kier molecular flexibility index (Phi) is 10.0. The number of esters is 1. The quantitative estimate of drug-likeness (QED) is 0.249. The summed E-state index contributed by atoms with van der Waals surface area (Å²) in [6.45, 7) is 20.9. The maximum absolute atomic E-state index is 13.5. The second kappa shape index (κ2) is 12.1. The van der Waals surface area contributed by atoms with E-state index in [1.54, 1.807) is 11.8 Å². The molecule has 0 aromatic rings. The zero-order chi connectivity index (χ0) is 30.3. The summed E-state index contributed by atoms with van der Waals surface area (Å²) >= 11 is 1.61. The molecule has 3 aliphatic rings. The van der Waals surface area contributed by atoms with Crippen molar-refractivity contribution in [3.05, 3.63) is 12.7 Å². The highest BCUT2D eigenvalue weighted by molar-refractivity contribution is 8.00. The molecule has 0 aliphatic heterocycles. The minimum atomic E-state index is -0.673. The van der Waals surface area contributed by atoms with Crippen LogP contribution in [0.25, 0.3) is 0 Å². The molecule has 9 atom stereocenters. The van der Waals surface area contributed by atoms with Crippen LogP contribution in [0.1, 0.15) is 93.9 Å². The third-order valence-electron chi connectivity index (χ3n) is 11.1. The first kappa shape index (κ1) is 33.1. The lowest BCUT2D eigenvalue weighted by Crippen LogP contribution is -2.63. The molecule has 1 amide bonds. The van der Waals surface area contributed by atoms with Gasteiger partial charge in [-0.1, -0.05) is 47.6 Å². The molecule has 0 aromatic carbocycles. The second-order valence-electron chi connectivity index (χ2n) is 14.4. The van der Waals surface area contributed by atoms with Crippen LogP contribution >= 0.6 is 11.8 Å². The molecule has 3 aliphatic carbocycles. The van der Waals surface area contributed by atoms with Gasteiger partial charge in [0.25, 0.3) is 0 Å². The van der Waals surface area contributed by atoms with Crippen LogP contribution < -0.4 is 11.1 Å². The van der Waals surface area contributed by atoms with Crippen molar-refractivity contribution < 1.29 is 24.2 Å². The number of nitrogens with two attached hydrogens (primary N) is 1. The van der Waals surface area contributed by atoms with Gasteiger partial charge in [0.05, 0.1) is 18.6 Å². The van der Waals surface area contributed by atoms with Crippen molar-refractivity contribution in [2.75, 3.05) is 12.3 Å². The molecule has 0 spiro atoms. The van der Waals surface area contributed by atoms with E-state index < -0.39 is 29.1 Å². The summed E-state index contributed by atoms with van der Waals surface area (Å²) in [4.78, 5) is 39.2. The number of thioether (sulfide) groups is 1. The summed E-state index contributed by atoms with van der Waals surface area (Å²) in [6, 6.07) is -0.545. The minimum Gasteiger partial charge on any atom is -0.462 e. The summed E-state index contributed by atoms with van der Waals surface area (Å²) in [7, 11) is 0. The predicted octanol–water partition coefficient (Wildman–Crippen LogP) is 4.89. The third-order valence-corrected chi connectivity index (χ3v) is 12.4. The summed E-state index contributed by atoms with van der Waals surface area (Å²) < 4.78 is 6.06. The molecule has 0 unspecified atom stereocenters. The molecule has 40 heavy (non-hydrogen) atoms. The molecule has 4 N–H and O–H groups in total. The number of amides is 1. The molecule has 3 fully saturated rings.